The third-order valence-corrected chi connectivity index (χ3v) is 4.76. The number of hydrogen-bond acceptors (Lipinski definition) is 4. The van der Waals surface area contributed by atoms with Crippen LogP contribution in [0.3, 0.4) is 0 Å². The molecule has 0 aromatic heterocycles. The third-order valence-electron chi connectivity index (χ3n) is 4.76. The van der Waals surface area contributed by atoms with Gasteiger partial charge in [0.05, 0.1) is 6.61 Å². The first kappa shape index (κ1) is 20.4. The lowest BCUT2D eigenvalue weighted by atomic mass is 10.1. The molecule has 1 unspecified atom stereocenters. The SMILES string of the molecule is CCOc1ccc(CN(C)C(=O)CN2C(=O)NC(Cc3ccccc3)C2=O)cc1. The molecule has 0 bridgehead atoms. The Kier molecular flexibility index (Phi) is 6.49. The van der Waals surface area contributed by atoms with Crippen LogP contribution in [0.4, 0.5) is 4.79 Å². The number of nitrogens with one attached hydrogen (secondary N) is 1. The van der Waals surface area contributed by atoms with E-state index in [4.69, 9.17) is 4.74 Å². The molecule has 1 heterocycles. The lowest BCUT2D eigenvalue weighted by molar-refractivity contribution is -0.136. The van der Waals surface area contributed by atoms with Gasteiger partial charge in [-0.15, -0.1) is 0 Å². The van der Waals surface area contributed by atoms with E-state index in [9.17, 15) is 14.4 Å². The highest BCUT2D eigenvalue weighted by Gasteiger charge is 2.39. The highest BCUT2D eigenvalue weighted by atomic mass is 16.5. The Bertz CT molecular complexity index is 867. The molecular formula is C22H25N3O4. The van der Waals surface area contributed by atoms with Gasteiger partial charge in [-0.05, 0) is 30.2 Å². The van der Waals surface area contributed by atoms with Crippen LogP contribution in [-0.2, 0) is 22.6 Å². The van der Waals surface area contributed by atoms with Gasteiger partial charge in [0.25, 0.3) is 5.91 Å². The average Bonchev–Trinajstić information content (AvgIpc) is 2.97. The molecule has 1 aliphatic heterocycles. The zero-order chi connectivity index (χ0) is 20.8. The van der Waals surface area contributed by atoms with E-state index in [1.54, 1.807) is 7.05 Å². The molecule has 29 heavy (non-hydrogen) atoms. The minimum Gasteiger partial charge on any atom is -0.494 e. The standard InChI is InChI=1S/C22H25N3O4/c1-3-29-18-11-9-17(10-12-18)14-24(2)20(26)15-25-21(27)19(23-22(25)28)13-16-7-5-4-6-8-16/h4-12,19H,3,13-15H2,1-2H3,(H,23,28). The van der Waals surface area contributed by atoms with Crippen LogP contribution in [0.25, 0.3) is 0 Å². The van der Waals surface area contributed by atoms with Crippen molar-refractivity contribution in [1.82, 2.24) is 15.1 Å². The molecule has 1 N–H and O–H groups in total. The lowest BCUT2D eigenvalue weighted by Gasteiger charge is -2.20. The highest BCUT2D eigenvalue weighted by Crippen LogP contribution is 2.15. The van der Waals surface area contributed by atoms with Crippen molar-refractivity contribution in [2.24, 2.45) is 0 Å². The lowest BCUT2D eigenvalue weighted by Crippen LogP contribution is -2.41. The zero-order valence-electron chi connectivity index (χ0n) is 16.6. The second kappa shape index (κ2) is 9.23. The first-order chi connectivity index (χ1) is 14.0. The van der Waals surface area contributed by atoms with Crippen molar-refractivity contribution in [3.63, 3.8) is 0 Å². The summed E-state index contributed by atoms with van der Waals surface area (Å²) in [7, 11) is 1.65. The molecule has 152 valence electrons. The summed E-state index contributed by atoms with van der Waals surface area (Å²) in [6, 6.07) is 15.8. The Balaban J connectivity index is 1.56. The molecule has 2 aromatic rings. The number of benzene rings is 2. The molecule has 1 aliphatic rings. The van der Waals surface area contributed by atoms with E-state index in [1.807, 2.05) is 61.5 Å². The van der Waals surface area contributed by atoms with Gasteiger partial charge in [-0.2, -0.15) is 0 Å². The van der Waals surface area contributed by atoms with Crippen molar-refractivity contribution in [3.8, 4) is 5.75 Å². The molecule has 7 heteroatoms. The third kappa shape index (κ3) is 5.13. The fraction of sp³-hybridized carbons (Fsp3) is 0.318. The van der Waals surface area contributed by atoms with Crippen LogP contribution in [-0.4, -0.2) is 53.9 Å². The van der Waals surface area contributed by atoms with Crippen LogP contribution < -0.4 is 10.1 Å². The molecule has 1 fully saturated rings. The predicted octanol–water partition coefficient (Wildman–Crippen LogP) is 2.21. The van der Waals surface area contributed by atoms with Gasteiger partial charge in [-0.3, -0.25) is 14.5 Å². The molecule has 1 atom stereocenters. The summed E-state index contributed by atoms with van der Waals surface area (Å²) in [4.78, 5) is 39.9. The summed E-state index contributed by atoms with van der Waals surface area (Å²) in [6.07, 6.45) is 0.401. The van der Waals surface area contributed by atoms with E-state index in [1.165, 1.54) is 4.90 Å². The number of urea groups is 1. The summed E-state index contributed by atoms with van der Waals surface area (Å²) in [6.45, 7) is 2.61. The van der Waals surface area contributed by atoms with Crippen LogP contribution in [0.2, 0.25) is 0 Å². The molecule has 1 saturated heterocycles. The minimum atomic E-state index is -0.644. The van der Waals surface area contributed by atoms with Crippen molar-refractivity contribution in [1.29, 1.82) is 0 Å². The second-order valence-electron chi connectivity index (χ2n) is 6.94. The van der Waals surface area contributed by atoms with E-state index in [-0.39, 0.29) is 18.4 Å². The quantitative estimate of drug-likeness (QED) is 0.695. The number of carbonyl (C=O) groups excluding carboxylic acids is 3. The number of carbonyl (C=O) groups is 3. The molecular weight excluding hydrogens is 370 g/mol. The second-order valence-corrected chi connectivity index (χ2v) is 6.94. The summed E-state index contributed by atoms with van der Waals surface area (Å²) in [5.41, 5.74) is 1.88. The van der Waals surface area contributed by atoms with Crippen molar-refractivity contribution in [2.45, 2.75) is 25.9 Å². The van der Waals surface area contributed by atoms with Crippen LogP contribution >= 0.6 is 0 Å². The van der Waals surface area contributed by atoms with Gasteiger partial charge in [0.2, 0.25) is 5.91 Å². The number of amides is 4. The molecule has 0 radical (unpaired) electrons. The first-order valence-electron chi connectivity index (χ1n) is 9.59. The molecule has 0 aliphatic carbocycles. The normalized spacial score (nSPS) is 15.9. The van der Waals surface area contributed by atoms with Crippen molar-refractivity contribution < 1.29 is 19.1 Å². The number of imide groups is 1. The Morgan fingerprint density at radius 3 is 2.41 bits per heavy atom. The Labute approximate surface area is 170 Å². The molecule has 0 spiro atoms. The fourth-order valence-corrected chi connectivity index (χ4v) is 3.19. The van der Waals surface area contributed by atoms with Gasteiger partial charge in [0.15, 0.2) is 0 Å². The van der Waals surface area contributed by atoms with Crippen LogP contribution in [0.5, 0.6) is 5.75 Å². The van der Waals surface area contributed by atoms with Crippen LogP contribution in [0.15, 0.2) is 54.6 Å². The van der Waals surface area contributed by atoms with Gasteiger partial charge in [-0.1, -0.05) is 42.5 Å². The van der Waals surface area contributed by atoms with Crippen LogP contribution in [0.1, 0.15) is 18.1 Å². The average molecular weight is 395 g/mol. The molecule has 7 nitrogen and oxygen atoms in total. The maximum atomic E-state index is 12.6. The highest BCUT2D eigenvalue weighted by molar-refractivity contribution is 6.06. The Morgan fingerprint density at radius 1 is 1.07 bits per heavy atom. The summed E-state index contributed by atoms with van der Waals surface area (Å²) in [5, 5.41) is 2.67. The van der Waals surface area contributed by atoms with Gasteiger partial charge in [0.1, 0.15) is 18.3 Å². The van der Waals surface area contributed by atoms with E-state index in [0.717, 1.165) is 21.8 Å². The topological polar surface area (TPSA) is 79.0 Å². The Hall–Kier alpha value is -3.35. The smallest absolute Gasteiger partial charge is 0.325 e. The first-order valence-corrected chi connectivity index (χ1v) is 9.59. The minimum absolute atomic E-state index is 0.274. The zero-order valence-corrected chi connectivity index (χ0v) is 16.6. The van der Waals surface area contributed by atoms with E-state index in [2.05, 4.69) is 5.32 Å². The largest absolute Gasteiger partial charge is 0.494 e. The number of rotatable bonds is 8. The van der Waals surface area contributed by atoms with E-state index >= 15 is 0 Å². The van der Waals surface area contributed by atoms with Crippen molar-refractivity contribution in [3.05, 3.63) is 65.7 Å². The number of hydrogen-bond donors (Lipinski definition) is 1. The summed E-state index contributed by atoms with van der Waals surface area (Å²) >= 11 is 0. The van der Waals surface area contributed by atoms with Gasteiger partial charge >= 0.3 is 6.03 Å². The van der Waals surface area contributed by atoms with Crippen molar-refractivity contribution in [2.75, 3.05) is 20.2 Å². The summed E-state index contributed by atoms with van der Waals surface area (Å²) < 4.78 is 5.41. The van der Waals surface area contributed by atoms with Gasteiger partial charge in [-0.25, -0.2) is 4.79 Å². The summed E-state index contributed by atoms with van der Waals surface area (Å²) in [5.74, 6) is 0.0958. The molecule has 0 saturated carbocycles. The van der Waals surface area contributed by atoms with Crippen LogP contribution in [0, 0.1) is 0 Å². The van der Waals surface area contributed by atoms with E-state index in [0.29, 0.717) is 19.6 Å². The maximum Gasteiger partial charge on any atom is 0.325 e. The maximum absolute atomic E-state index is 12.6. The molecule has 3 rings (SSSR count). The number of likely N-dealkylation sites (N-methyl/N-ethyl adjacent to an activating group) is 1. The van der Waals surface area contributed by atoms with E-state index < -0.39 is 12.1 Å². The monoisotopic (exact) mass is 395 g/mol. The predicted molar refractivity (Wildman–Crippen MR) is 108 cm³/mol. The number of nitrogens with zero attached hydrogens (tertiary/aromatic N) is 2. The Morgan fingerprint density at radius 2 is 1.76 bits per heavy atom. The van der Waals surface area contributed by atoms with Gasteiger partial charge < -0.3 is 15.0 Å². The molecule has 2 aromatic carbocycles. The fourth-order valence-electron chi connectivity index (χ4n) is 3.19. The van der Waals surface area contributed by atoms with Crippen molar-refractivity contribution >= 4 is 17.8 Å². The van der Waals surface area contributed by atoms with Gasteiger partial charge in [0, 0.05) is 20.0 Å². The number of ether oxygens (including phenoxy) is 1. The molecule has 4 amide bonds.